The first-order valence-electron chi connectivity index (χ1n) is 5.87. The predicted octanol–water partition coefficient (Wildman–Crippen LogP) is 1.49. The van der Waals surface area contributed by atoms with Crippen LogP contribution in [0.25, 0.3) is 0 Å². The molecule has 1 aliphatic heterocycles. The van der Waals surface area contributed by atoms with Crippen LogP contribution < -0.4 is 0 Å². The second-order valence-corrected chi connectivity index (χ2v) is 4.63. The molecule has 4 nitrogen and oxygen atoms in total. The van der Waals surface area contributed by atoms with Crippen LogP contribution in [0.4, 0.5) is 0 Å². The van der Waals surface area contributed by atoms with Crippen molar-refractivity contribution in [2.45, 2.75) is 25.6 Å². The zero-order chi connectivity index (χ0) is 12.9. The van der Waals surface area contributed by atoms with Gasteiger partial charge in [-0.15, -0.1) is 0 Å². The van der Waals surface area contributed by atoms with Crippen LogP contribution in [0.5, 0.6) is 0 Å². The summed E-state index contributed by atoms with van der Waals surface area (Å²) in [4.78, 5) is 24.5. The number of benzene rings is 1. The number of hydrogen-bond donors (Lipinski definition) is 1. The van der Waals surface area contributed by atoms with E-state index in [0.29, 0.717) is 17.5 Å². The largest absolute Gasteiger partial charge is 0.486 e. The van der Waals surface area contributed by atoms with Crippen molar-refractivity contribution in [1.29, 1.82) is 0 Å². The van der Waals surface area contributed by atoms with Crippen molar-refractivity contribution >= 4 is 11.6 Å². The lowest BCUT2D eigenvalue weighted by Gasteiger charge is -2.31. The maximum Gasteiger partial charge on any atom is 0.228 e. The van der Waals surface area contributed by atoms with E-state index in [1.54, 1.807) is 31.2 Å². The van der Waals surface area contributed by atoms with Gasteiger partial charge in [-0.05, 0) is 6.92 Å². The molecule has 18 heavy (non-hydrogen) atoms. The number of Topliss-reactive ketones (excluding diaryl/α,β-unsaturated/α-hetero) is 2. The van der Waals surface area contributed by atoms with Gasteiger partial charge in [0.05, 0.1) is 17.8 Å². The topological polar surface area (TPSA) is 63.6 Å². The Kier molecular flexibility index (Phi) is 2.35. The Labute approximate surface area is 104 Å². The van der Waals surface area contributed by atoms with Gasteiger partial charge in [-0.25, -0.2) is 0 Å². The van der Waals surface area contributed by atoms with Gasteiger partial charge in [-0.1, -0.05) is 24.3 Å². The van der Waals surface area contributed by atoms with Crippen molar-refractivity contribution in [3.63, 3.8) is 0 Å². The molecule has 4 heteroatoms. The number of allylic oxidation sites excluding steroid dienone is 1. The van der Waals surface area contributed by atoms with Gasteiger partial charge in [-0.3, -0.25) is 9.59 Å². The van der Waals surface area contributed by atoms with Gasteiger partial charge in [0.2, 0.25) is 5.78 Å². The van der Waals surface area contributed by atoms with Crippen LogP contribution >= 0.6 is 0 Å². The van der Waals surface area contributed by atoms with Crippen molar-refractivity contribution < 1.29 is 19.4 Å². The third kappa shape index (κ3) is 1.42. The van der Waals surface area contributed by atoms with Gasteiger partial charge in [0.25, 0.3) is 0 Å². The maximum absolute atomic E-state index is 12.3. The fourth-order valence-corrected chi connectivity index (χ4v) is 2.47. The Balaban J connectivity index is 2.20. The molecule has 0 saturated heterocycles. The molecule has 1 aliphatic carbocycles. The van der Waals surface area contributed by atoms with E-state index in [2.05, 4.69) is 0 Å². The minimum absolute atomic E-state index is 0.0185. The average Bonchev–Trinajstić information content (AvgIpc) is 2.35. The molecular weight excluding hydrogens is 232 g/mol. The van der Waals surface area contributed by atoms with E-state index in [1.807, 2.05) is 0 Å². The number of fused-ring (bicyclic) bond motifs is 1. The summed E-state index contributed by atoms with van der Waals surface area (Å²) < 4.78 is 5.45. The number of ether oxygens (including phenoxy) is 1. The van der Waals surface area contributed by atoms with Gasteiger partial charge in [-0.2, -0.15) is 0 Å². The lowest BCUT2D eigenvalue weighted by Crippen LogP contribution is -2.37. The number of carbonyl (C=O) groups excluding carboxylic acids is 2. The van der Waals surface area contributed by atoms with Gasteiger partial charge >= 0.3 is 0 Å². The summed E-state index contributed by atoms with van der Waals surface area (Å²) in [6.45, 7) is 1.77. The first-order valence-corrected chi connectivity index (χ1v) is 5.87. The zero-order valence-electron chi connectivity index (χ0n) is 9.84. The quantitative estimate of drug-likeness (QED) is 0.751. The minimum atomic E-state index is -0.923. The van der Waals surface area contributed by atoms with Gasteiger partial charge in [0, 0.05) is 17.5 Å². The molecule has 0 fully saturated rings. The van der Waals surface area contributed by atoms with E-state index in [0.717, 1.165) is 0 Å². The fourth-order valence-electron chi connectivity index (χ4n) is 2.47. The first kappa shape index (κ1) is 11.2. The number of rotatable bonds is 0. The molecule has 3 rings (SSSR count). The number of hydrogen-bond acceptors (Lipinski definition) is 4. The van der Waals surface area contributed by atoms with Gasteiger partial charge in [0.1, 0.15) is 0 Å². The van der Waals surface area contributed by atoms with Crippen molar-refractivity contribution in [2.75, 3.05) is 0 Å². The molecule has 1 aromatic rings. The fraction of sp³-hybridized carbons (Fsp3) is 0.286. The van der Waals surface area contributed by atoms with Crippen LogP contribution in [0, 0.1) is 0 Å². The second-order valence-electron chi connectivity index (χ2n) is 4.63. The molecule has 0 saturated carbocycles. The summed E-state index contributed by atoms with van der Waals surface area (Å²) in [5.41, 5.74) is 0.804. The second kappa shape index (κ2) is 3.78. The Morgan fingerprint density at radius 3 is 2.44 bits per heavy atom. The molecule has 0 radical (unpaired) electrons. The van der Waals surface area contributed by atoms with Crippen LogP contribution in [0.1, 0.15) is 34.1 Å². The van der Waals surface area contributed by atoms with E-state index < -0.39 is 6.10 Å². The predicted molar refractivity (Wildman–Crippen MR) is 63.3 cm³/mol. The van der Waals surface area contributed by atoms with Crippen molar-refractivity contribution in [3.8, 4) is 0 Å². The van der Waals surface area contributed by atoms with Crippen LogP contribution in [-0.2, 0) is 4.74 Å². The van der Waals surface area contributed by atoms with Crippen LogP contribution in [0.2, 0.25) is 0 Å². The number of carbonyl (C=O) groups is 2. The molecule has 1 N–H and O–H groups in total. The van der Waals surface area contributed by atoms with Crippen LogP contribution in [0.3, 0.4) is 0 Å². The molecule has 0 bridgehead atoms. The van der Waals surface area contributed by atoms with Crippen LogP contribution in [0.15, 0.2) is 35.6 Å². The summed E-state index contributed by atoms with van der Waals surface area (Å²) in [7, 11) is 0. The van der Waals surface area contributed by atoms with E-state index in [-0.39, 0.29) is 29.0 Å². The lowest BCUT2D eigenvalue weighted by molar-refractivity contribution is 0.0363. The van der Waals surface area contributed by atoms with E-state index in [9.17, 15) is 14.7 Å². The highest BCUT2D eigenvalue weighted by Crippen LogP contribution is 2.34. The third-order valence-electron chi connectivity index (χ3n) is 3.32. The molecule has 2 aliphatic rings. The highest BCUT2D eigenvalue weighted by molar-refractivity contribution is 6.26. The first-order chi connectivity index (χ1) is 8.59. The number of aliphatic hydroxyl groups is 1. The Hall–Kier alpha value is -1.94. The highest BCUT2D eigenvalue weighted by Gasteiger charge is 2.40. The SMILES string of the molecule is CC1C[C@@H](O)C2=C(O1)C(=O)c1ccccc1C2=O. The van der Waals surface area contributed by atoms with Crippen molar-refractivity contribution in [2.24, 2.45) is 0 Å². The maximum atomic E-state index is 12.3. The lowest BCUT2D eigenvalue weighted by atomic mass is 9.83. The Bertz CT molecular complexity index is 585. The number of aliphatic hydroxyl groups excluding tert-OH is 1. The molecular formula is C14H12O4. The normalized spacial score (nSPS) is 26.6. The summed E-state index contributed by atoms with van der Waals surface area (Å²) >= 11 is 0. The van der Waals surface area contributed by atoms with Crippen molar-refractivity contribution in [1.82, 2.24) is 0 Å². The summed E-state index contributed by atoms with van der Waals surface area (Å²) in [6, 6.07) is 6.62. The molecule has 92 valence electrons. The molecule has 0 aromatic heterocycles. The van der Waals surface area contributed by atoms with E-state index >= 15 is 0 Å². The molecule has 0 amide bonds. The minimum Gasteiger partial charge on any atom is -0.486 e. The zero-order valence-corrected chi connectivity index (χ0v) is 9.84. The summed E-state index contributed by atoms with van der Waals surface area (Å²) in [5.74, 6) is -0.602. The van der Waals surface area contributed by atoms with Crippen molar-refractivity contribution in [3.05, 3.63) is 46.7 Å². The van der Waals surface area contributed by atoms with Crippen LogP contribution in [-0.4, -0.2) is 28.9 Å². The summed E-state index contributed by atoms with van der Waals surface area (Å²) in [6.07, 6.45) is -0.852. The smallest absolute Gasteiger partial charge is 0.228 e. The highest BCUT2D eigenvalue weighted by atomic mass is 16.5. The molecule has 2 atom stereocenters. The molecule has 1 aromatic carbocycles. The third-order valence-corrected chi connectivity index (χ3v) is 3.32. The monoisotopic (exact) mass is 244 g/mol. The molecule has 0 spiro atoms. The molecule has 1 unspecified atom stereocenters. The Morgan fingerprint density at radius 1 is 1.17 bits per heavy atom. The van der Waals surface area contributed by atoms with Gasteiger partial charge in [0.15, 0.2) is 11.5 Å². The van der Waals surface area contributed by atoms with E-state index in [1.165, 1.54) is 0 Å². The Morgan fingerprint density at radius 2 is 1.78 bits per heavy atom. The van der Waals surface area contributed by atoms with Gasteiger partial charge < -0.3 is 9.84 Å². The standard InChI is InChI=1S/C14H12O4/c1-7-6-10(15)11-12(16)8-4-2-3-5-9(8)13(17)14(11)18-7/h2-5,7,10,15H,6H2,1H3/t7?,10-/m1/s1. The average molecular weight is 244 g/mol. The number of ketones is 2. The van der Waals surface area contributed by atoms with E-state index in [4.69, 9.17) is 4.74 Å². The summed E-state index contributed by atoms with van der Waals surface area (Å²) in [5, 5.41) is 9.98. The molecule has 1 heterocycles.